The first-order valence-corrected chi connectivity index (χ1v) is 8.26. The van der Waals surface area contributed by atoms with Crippen molar-refractivity contribution in [3.05, 3.63) is 22.7 Å². The molecule has 1 aliphatic rings. The molecule has 1 heterocycles. The van der Waals surface area contributed by atoms with E-state index in [0.29, 0.717) is 36.0 Å². The molecule has 1 unspecified atom stereocenters. The van der Waals surface area contributed by atoms with Crippen LogP contribution in [0.4, 0.5) is 0 Å². The fourth-order valence-corrected chi connectivity index (χ4v) is 4.55. The van der Waals surface area contributed by atoms with Crippen molar-refractivity contribution in [3.8, 4) is 5.75 Å². The molecular weight excluding hydrogens is 335 g/mol. The van der Waals surface area contributed by atoms with Crippen LogP contribution in [-0.2, 0) is 10.0 Å². The van der Waals surface area contributed by atoms with Crippen molar-refractivity contribution in [3.63, 3.8) is 0 Å². The summed E-state index contributed by atoms with van der Waals surface area (Å²) in [6.45, 7) is 5.42. The summed E-state index contributed by atoms with van der Waals surface area (Å²) in [7, 11) is -2.03. The number of nitrogens with one attached hydrogen (secondary N) is 1. The SMILES string of the molecule is COc1cc(C)c(S(=O)(=O)N2CCNCC2C)cc1Cl.Cl. The van der Waals surface area contributed by atoms with Gasteiger partial charge in [0.05, 0.1) is 17.0 Å². The van der Waals surface area contributed by atoms with Crippen molar-refractivity contribution >= 4 is 34.0 Å². The van der Waals surface area contributed by atoms with Gasteiger partial charge in [-0.15, -0.1) is 12.4 Å². The molecule has 1 aromatic rings. The number of piperazine rings is 1. The van der Waals surface area contributed by atoms with Crippen LogP contribution < -0.4 is 10.1 Å². The lowest BCUT2D eigenvalue weighted by Gasteiger charge is -2.33. The van der Waals surface area contributed by atoms with Gasteiger partial charge in [-0.05, 0) is 31.5 Å². The monoisotopic (exact) mass is 354 g/mol. The van der Waals surface area contributed by atoms with Crippen LogP contribution in [0.25, 0.3) is 0 Å². The zero-order valence-electron chi connectivity index (χ0n) is 12.2. The molecule has 1 aromatic carbocycles. The highest BCUT2D eigenvalue weighted by atomic mass is 35.5. The maximum absolute atomic E-state index is 12.8. The first kappa shape index (κ1) is 18.5. The molecule has 1 N–H and O–H groups in total. The molecule has 21 heavy (non-hydrogen) atoms. The molecule has 0 amide bonds. The highest BCUT2D eigenvalue weighted by molar-refractivity contribution is 7.89. The predicted molar refractivity (Wildman–Crippen MR) is 86.2 cm³/mol. The van der Waals surface area contributed by atoms with Gasteiger partial charge >= 0.3 is 0 Å². The molecule has 1 atom stereocenters. The largest absolute Gasteiger partial charge is 0.495 e. The topological polar surface area (TPSA) is 58.6 Å². The molecule has 120 valence electrons. The second-order valence-electron chi connectivity index (χ2n) is 4.92. The van der Waals surface area contributed by atoms with Crippen LogP contribution in [-0.4, -0.2) is 45.5 Å². The summed E-state index contributed by atoms with van der Waals surface area (Å²) in [5, 5.41) is 3.49. The summed E-state index contributed by atoms with van der Waals surface area (Å²) in [6, 6.07) is 3.05. The molecule has 0 bridgehead atoms. The lowest BCUT2D eigenvalue weighted by atomic mass is 10.2. The Bertz CT molecular complexity index is 608. The predicted octanol–water partition coefficient (Wildman–Crippen LogP) is 2.06. The van der Waals surface area contributed by atoms with E-state index in [1.807, 2.05) is 6.92 Å². The highest BCUT2D eigenvalue weighted by Crippen LogP contribution is 2.32. The van der Waals surface area contributed by atoms with Gasteiger partial charge in [0.1, 0.15) is 5.75 Å². The number of methoxy groups -OCH3 is 1. The molecule has 2 rings (SSSR count). The molecule has 1 aliphatic heterocycles. The van der Waals surface area contributed by atoms with Crippen molar-refractivity contribution in [2.75, 3.05) is 26.7 Å². The average Bonchev–Trinajstić information content (AvgIpc) is 2.41. The third-order valence-electron chi connectivity index (χ3n) is 3.48. The van der Waals surface area contributed by atoms with Gasteiger partial charge in [-0.2, -0.15) is 4.31 Å². The maximum atomic E-state index is 12.8. The number of nitrogens with zero attached hydrogens (tertiary/aromatic N) is 1. The third kappa shape index (κ3) is 3.63. The molecule has 8 heteroatoms. The van der Waals surface area contributed by atoms with Gasteiger partial charge in [0.15, 0.2) is 0 Å². The average molecular weight is 355 g/mol. The van der Waals surface area contributed by atoms with Crippen molar-refractivity contribution in [1.82, 2.24) is 9.62 Å². The van der Waals surface area contributed by atoms with Crippen molar-refractivity contribution in [1.29, 1.82) is 0 Å². The normalized spacial score (nSPS) is 19.9. The number of hydrogen-bond acceptors (Lipinski definition) is 4. The molecule has 1 fully saturated rings. The van der Waals surface area contributed by atoms with E-state index in [-0.39, 0.29) is 23.3 Å². The van der Waals surface area contributed by atoms with Crippen LogP contribution in [0.2, 0.25) is 5.02 Å². The standard InChI is InChI=1S/C13H19ClN2O3S.ClH/c1-9-6-12(19-3)11(14)7-13(9)20(17,18)16-5-4-15-8-10(16)2;/h6-7,10,15H,4-5,8H2,1-3H3;1H. The minimum Gasteiger partial charge on any atom is -0.495 e. The van der Waals surface area contributed by atoms with Crippen LogP contribution >= 0.6 is 24.0 Å². The fourth-order valence-electron chi connectivity index (χ4n) is 2.38. The first-order chi connectivity index (χ1) is 9.37. The Balaban J connectivity index is 0.00000220. The third-order valence-corrected chi connectivity index (χ3v) is 5.93. The molecule has 0 aromatic heterocycles. The van der Waals surface area contributed by atoms with E-state index in [0.717, 1.165) is 0 Å². The Hall–Kier alpha value is -0.530. The van der Waals surface area contributed by atoms with Crippen LogP contribution in [0.3, 0.4) is 0 Å². The van der Waals surface area contributed by atoms with E-state index in [1.165, 1.54) is 17.5 Å². The van der Waals surface area contributed by atoms with Gasteiger partial charge in [0.25, 0.3) is 0 Å². The molecule has 5 nitrogen and oxygen atoms in total. The van der Waals surface area contributed by atoms with E-state index in [9.17, 15) is 8.42 Å². The fraction of sp³-hybridized carbons (Fsp3) is 0.538. The van der Waals surface area contributed by atoms with E-state index >= 15 is 0 Å². The Morgan fingerprint density at radius 2 is 2.10 bits per heavy atom. The number of hydrogen-bond donors (Lipinski definition) is 1. The summed E-state index contributed by atoms with van der Waals surface area (Å²) < 4.78 is 32.2. The van der Waals surface area contributed by atoms with Gasteiger partial charge in [0.2, 0.25) is 10.0 Å². The Morgan fingerprint density at radius 3 is 2.67 bits per heavy atom. The number of ether oxygens (including phenoxy) is 1. The molecule has 1 saturated heterocycles. The Kier molecular flexibility index (Phi) is 6.31. The minimum atomic E-state index is -3.54. The van der Waals surface area contributed by atoms with Crippen molar-refractivity contribution < 1.29 is 13.2 Å². The molecule has 0 spiro atoms. The quantitative estimate of drug-likeness (QED) is 0.902. The summed E-state index contributed by atoms with van der Waals surface area (Å²) in [5.74, 6) is 0.483. The van der Waals surface area contributed by atoms with Crippen molar-refractivity contribution in [2.24, 2.45) is 0 Å². The zero-order valence-corrected chi connectivity index (χ0v) is 14.6. The summed E-state index contributed by atoms with van der Waals surface area (Å²) >= 11 is 6.06. The minimum absolute atomic E-state index is 0. The van der Waals surface area contributed by atoms with Crippen molar-refractivity contribution in [2.45, 2.75) is 24.8 Å². The molecule has 0 aliphatic carbocycles. The summed E-state index contributed by atoms with van der Waals surface area (Å²) in [4.78, 5) is 0.247. The van der Waals surface area contributed by atoms with Gasteiger partial charge in [-0.3, -0.25) is 0 Å². The van der Waals surface area contributed by atoms with Gasteiger partial charge in [-0.25, -0.2) is 8.42 Å². The first-order valence-electron chi connectivity index (χ1n) is 6.44. The summed E-state index contributed by atoms with van der Waals surface area (Å²) in [6.07, 6.45) is 0. The van der Waals surface area contributed by atoms with Gasteiger partial charge in [-0.1, -0.05) is 11.6 Å². The Labute approximate surface area is 137 Å². The van der Waals surface area contributed by atoms with E-state index in [1.54, 1.807) is 13.0 Å². The summed E-state index contributed by atoms with van der Waals surface area (Å²) in [5.41, 5.74) is 0.636. The smallest absolute Gasteiger partial charge is 0.243 e. The number of aryl methyl sites for hydroxylation is 1. The lowest BCUT2D eigenvalue weighted by molar-refractivity contribution is 0.283. The van der Waals surface area contributed by atoms with Crippen LogP contribution in [0.1, 0.15) is 12.5 Å². The lowest BCUT2D eigenvalue weighted by Crippen LogP contribution is -2.52. The molecule has 0 saturated carbocycles. The number of rotatable bonds is 3. The number of sulfonamides is 1. The van der Waals surface area contributed by atoms with Crippen LogP contribution in [0, 0.1) is 6.92 Å². The van der Waals surface area contributed by atoms with Crippen LogP contribution in [0.5, 0.6) is 5.75 Å². The molecule has 0 radical (unpaired) electrons. The second kappa shape index (κ2) is 7.15. The van der Waals surface area contributed by atoms with Gasteiger partial charge in [0, 0.05) is 25.7 Å². The molecular formula is C13H20Cl2N2O3S. The number of halogens is 2. The zero-order chi connectivity index (χ0) is 14.9. The van der Waals surface area contributed by atoms with E-state index in [4.69, 9.17) is 16.3 Å². The van der Waals surface area contributed by atoms with Crippen LogP contribution in [0.15, 0.2) is 17.0 Å². The second-order valence-corrected chi connectivity index (χ2v) is 7.19. The highest BCUT2D eigenvalue weighted by Gasteiger charge is 2.32. The Morgan fingerprint density at radius 1 is 1.43 bits per heavy atom. The van der Waals surface area contributed by atoms with E-state index < -0.39 is 10.0 Å². The number of benzene rings is 1. The van der Waals surface area contributed by atoms with E-state index in [2.05, 4.69) is 5.32 Å². The van der Waals surface area contributed by atoms with Gasteiger partial charge < -0.3 is 10.1 Å². The maximum Gasteiger partial charge on any atom is 0.243 e.